The van der Waals surface area contributed by atoms with E-state index in [1.165, 1.54) is 0 Å². The van der Waals surface area contributed by atoms with Crippen molar-refractivity contribution in [2.45, 2.75) is 38.1 Å². The van der Waals surface area contributed by atoms with E-state index in [1.807, 2.05) is 6.92 Å². The van der Waals surface area contributed by atoms with Crippen LogP contribution in [0.25, 0.3) is 0 Å². The van der Waals surface area contributed by atoms with Crippen molar-refractivity contribution in [3.05, 3.63) is 23.3 Å². The van der Waals surface area contributed by atoms with E-state index in [0.29, 0.717) is 31.3 Å². The summed E-state index contributed by atoms with van der Waals surface area (Å²) in [5, 5.41) is 14.1. The van der Waals surface area contributed by atoms with E-state index in [2.05, 4.69) is 10.6 Å². The van der Waals surface area contributed by atoms with Crippen LogP contribution in [0.2, 0.25) is 0 Å². The molecule has 2 fully saturated rings. The standard InChI is InChI=1S/C14H16N2O4/c1-13-4-5-14(11(19)15-12(20)16-14)7-9(13)3-2-8(6-13)10(17)18/h2-3H,4-7H2,1H3,(H,17,18)(H2,15,16,19,20). The van der Waals surface area contributed by atoms with E-state index < -0.39 is 17.5 Å². The van der Waals surface area contributed by atoms with Crippen molar-refractivity contribution >= 4 is 17.9 Å². The number of hydrogen-bond acceptors (Lipinski definition) is 3. The van der Waals surface area contributed by atoms with Crippen LogP contribution in [0.4, 0.5) is 4.79 Å². The lowest BCUT2D eigenvalue weighted by Crippen LogP contribution is -2.52. The Morgan fingerprint density at radius 2 is 2.00 bits per heavy atom. The second-order valence-electron chi connectivity index (χ2n) is 6.09. The van der Waals surface area contributed by atoms with Crippen molar-refractivity contribution < 1.29 is 19.5 Å². The van der Waals surface area contributed by atoms with E-state index in [-0.39, 0.29) is 11.3 Å². The van der Waals surface area contributed by atoms with Gasteiger partial charge in [-0.15, -0.1) is 0 Å². The van der Waals surface area contributed by atoms with Gasteiger partial charge in [-0.3, -0.25) is 10.1 Å². The molecule has 3 N–H and O–H groups in total. The van der Waals surface area contributed by atoms with Crippen molar-refractivity contribution in [1.29, 1.82) is 0 Å². The number of carboxylic acids is 1. The SMILES string of the molecule is CC12CCC3(CC1=CC=C(C(=O)O)C2)NC(=O)NC3=O. The molecule has 2 unspecified atom stereocenters. The van der Waals surface area contributed by atoms with Crippen molar-refractivity contribution in [1.82, 2.24) is 10.6 Å². The van der Waals surface area contributed by atoms with E-state index >= 15 is 0 Å². The van der Waals surface area contributed by atoms with Crippen molar-refractivity contribution in [2.75, 3.05) is 0 Å². The Morgan fingerprint density at radius 3 is 2.60 bits per heavy atom. The minimum atomic E-state index is -0.895. The average Bonchev–Trinajstić information content (AvgIpc) is 2.64. The highest BCUT2D eigenvalue weighted by Crippen LogP contribution is 2.50. The second kappa shape index (κ2) is 3.94. The first-order valence-corrected chi connectivity index (χ1v) is 6.62. The maximum Gasteiger partial charge on any atom is 0.331 e. The first-order valence-electron chi connectivity index (χ1n) is 6.62. The lowest BCUT2D eigenvalue weighted by Gasteiger charge is -2.45. The quantitative estimate of drug-likeness (QED) is 0.625. The van der Waals surface area contributed by atoms with Gasteiger partial charge in [-0.25, -0.2) is 9.59 Å². The van der Waals surface area contributed by atoms with Gasteiger partial charge in [0.1, 0.15) is 5.54 Å². The minimum absolute atomic E-state index is 0.235. The largest absolute Gasteiger partial charge is 0.478 e. The lowest BCUT2D eigenvalue weighted by molar-refractivity contribution is -0.133. The van der Waals surface area contributed by atoms with Crippen LogP contribution in [-0.4, -0.2) is 28.6 Å². The molecule has 1 saturated carbocycles. The highest BCUT2D eigenvalue weighted by molar-refractivity contribution is 6.07. The Morgan fingerprint density at radius 1 is 1.25 bits per heavy atom. The molecule has 6 nitrogen and oxygen atoms in total. The van der Waals surface area contributed by atoms with E-state index in [9.17, 15) is 14.4 Å². The molecule has 2 aliphatic carbocycles. The summed E-state index contributed by atoms with van der Waals surface area (Å²) in [6.07, 6.45) is 5.53. The highest BCUT2D eigenvalue weighted by Gasteiger charge is 2.53. The van der Waals surface area contributed by atoms with Gasteiger partial charge < -0.3 is 10.4 Å². The number of fused-ring (bicyclic) bond motifs is 1. The first kappa shape index (κ1) is 12.9. The Bertz CT molecular complexity index is 592. The van der Waals surface area contributed by atoms with E-state index in [0.717, 1.165) is 5.57 Å². The second-order valence-corrected chi connectivity index (χ2v) is 6.09. The molecule has 2 atom stereocenters. The minimum Gasteiger partial charge on any atom is -0.478 e. The summed E-state index contributed by atoms with van der Waals surface area (Å²) in [6.45, 7) is 2.02. The molecule has 1 aliphatic heterocycles. The summed E-state index contributed by atoms with van der Waals surface area (Å²) in [6, 6.07) is -0.447. The Labute approximate surface area is 115 Å². The third-order valence-electron chi connectivity index (χ3n) is 4.73. The molecule has 6 heteroatoms. The first-order chi connectivity index (χ1) is 9.35. The third kappa shape index (κ3) is 1.75. The summed E-state index contributed by atoms with van der Waals surface area (Å²) in [4.78, 5) is 34.4. The third-order valence-corrected chi connectivity index (χ3v) is 4.73. The summed E-state index contributed by atoms with van der Waals surface area (Å²) in [5.41, 5.74) is 0.344. The Kier molecular flexibility index (Phi) is 2.54. The molecule has 0 radical (unpaired) electrons. The zero-order valence-corrected chi connectivity index (χ0v) is 11.2. The van der Waals surface area contributed by atoms with Crippen molar-refractivity contribution in [2.24, 2.45) is 5.41 Å². The van der Waals surface area contributed by atoms with Gasteiger partial charge in [-0.1, -0.05) is 24.6 Å². The normalized spacial score (nSPS) is 35.9. The average molecular weight is 276 g/mol. The van der Waals surface area contributed by atoms with Crippen molar-refractivity contribution in [3.63, 3.8) is 0 Å². The maximum atomic E-state index is 12.0. The van der Waals surface area contributed by atoms with Crippen LogP contribution in [-0.2, 0) is 9.59 Å². The lowest BCUT2D eigenvalue weighted by atomic mass is 9.61. The van der Waals surface area contributed by atoms with Gasteiger partial charge in [0.25, 0.3) is 5.91 Å². The van der Waals surface area contributed by atoms with E-state index in [4.69, 9.17) is 5.11 Å². The highest BCUT2D eigenvalue weighted by atomic mass is 16.4. The molecule has 3 rings (SSSR count). The van der Waals surface area contributed by atoms with Gasteiger partial charge in [0.2, 0.25) is 0 Å². The van der Waals surface area contributed by atoms with E-state index in [1.54, 1.807) is 12.2 Å². The number of carboxylic acid groups (broad SMARTS) is 1. The number of rotatable bonds is 1. The Hall–Kier alpha value is -2.11. The molecule has 3 aliphatic rings. The number of imide groups is 1. The van der Waals surface area contributed by atoms with Crippen LogP contribution in [0, 0.1) is 5.41 Å². The van der Waals surface area contributed by atoms with Crippen molar-refractivity contribution in [3.8, 4) is 0 Å². The van der Waals surface area contributed by atoms with Crippen LogP contribution in [0.3, 0.4) is 0 Å². The number of urea groups is 1. The zero-order valence-electron chi connectivity index (χ0n) is 11.2. The molecule has 1 spiro atoms. The van der Waals surface area contributed by atoms with Gasteiger partial charge in [0.15, 0.2) is 0 Å². The van der Waals surface area contributed by atoms with Crippen LogP contribution >= 0.6 is 0 Å². The van der Waals surface area contributed by atoms with Gasteiger partial charge in [0.05, 0.1) is 0 Å². The molecule has 0 bridgehead atoms. The molecular weight excluding hydrogens is 260 g/mol. The Balaban J connectivity index is 1.93. The fourth-order valence-electron chi connectivity index (χ4n) is 3.39. The molecule has 0 aromatic rings. The number of hydrogen-bond donors (Lipinski definition) is 3. The summed E-state index contributed by atoms with van der Waals surface area (Å²) in [7, 11) is 0. The molecule has 1 heterocycles. The molecule has 1 saturated heterocycles. The topological polar surface area (TPSA) is 95.5 Å². The number of carbonyl (C=O) groups excluding carboxylic acids is 2. The summed E-state index contributed by atoms with van der Waals surface area (Å²) < 4.78 is 0. The molecule has 3 amide bonds. The monoisotopic (exact) mass is 276 g/mol. The number of carbonyl (C=O) groups is 3. The number of nitrogens with one attached hydrogen (secondary N) is 2. The van der Waals surface area contributed by atoms with Gasteiger partial charge in [-0.2, -0.15) is 0 Å². The number of amides is 3. The molecule has 0 aromatic carbocycles. The molecule has 0 aromatic heterocycles. The van der Waals surface area contributed by atoms with Gasteiger partial charge >= 0.3 is 12.0 Å². The molecular formula is C14H16N2O4. The fourth-order valence-corrected chi connectivity index (χ4v) is 3.39. The van der Waals surface area contributed by atoms with Crippen LogP contribution in [0.5, 0.6) is 0 Å². The number of aliphatic carboxylic acids is 1. The summed E-state index contributed by atoms with van der Waals surface area (Å²) >= 11 is 0. The predicted octanol–water partition coefficient (Wildman–Crippen LogP) is 1.10. The zero-order chi connectivity index (χ0) is 14.5. The van der Waals surface area contributed by atoms with Gasteiger partial charge in [0, 0.05) is 12.0 Å². The van der Waals surface area contributed by atoms with Crippen LogP contribution in [0.15, 0.2) is 23.3 Å². The van der Waals surface area contributed by atoms with Crippen LogP contribution in [0.1, 0.15) is 32.6 Å². The predicted molar refractivity (Wildman–Crippen MR) is 69.8 cm³/mol. The number of allylic oxidation sites excluding steroid dienone is 2. The molecule has 20 heavy (non-hydrogen) atoms. The smallest absolute Gasteiger partial charge is 0.331 e. The van der Waals surface area contributed by atoms with Gasteiger partial charge in [-0.05, 0) is 24.7 Å². The van der Waals surface area contributed by atoms with Crippen LogP contribution < -0.4 is 10.6 Å². The molecule has 106 valence electrons. The summed E-state index contributed by atoms with van der Waals surface area (Å²) in [5.74, 6) is -1.17. The fraction of sp³-hybridized carbons (Fsp3) is 0.500. The maximum absolute atomic E-state index is 12.0.